The maximum Gasteiger partial charge on any atom is 0.219 e. The molecule has 1 aliphatic heterocycles. The molecule has 0 atom stereocenters. The first-order valence-corrected chi connectivity index (χ1v) is 5.87. The molecule has 2 rings (SSSR count). The number of nitrogen functional groups attached to an aromatic ring is 1. The van der Waals surface area contributed by atoms with Crippen LogP contribution >= 0.6 is 0 Å². The van der Waals surface area contributed by atoms with Crippen molar-refractivity contribution < 1.29 is 4.79 Å². The van der Waals surface area contributed by atoms with Crippen molar-refractivity contribution in [3.05, 3.63) is 6.20 Å². The van der Waals surface area contributed by atoms with Gasteiger partial charge >= 0.3 is 0 Å². The number of rotatable bonds is 1. The van der Waals surface area contributed by atoms with Gasteiger partial charge in [0.25, 0.3) is 0 Å². The molecule has 2 N–H and O–H groups in total. The first kappa shape index (κ1) is 11.8. The van der Waals surface area contributed by atoms with Gasteiger partial charge < -0.3 is 15.5 Å². The van der Waals surface area contributed by atoms with Gasteiger partial charge in [0.05, 0.1) is 5.69 Å². The monoisotopic (exact) mass is 237 g/mol. The Morgan fingerprint density at radius 3 is 2.71 bits per heavy atom. The van der Waals surface area contributed by atoms with Crippen molar-refractivity contribution in [3.63, 3.8) is 0 Å². The highest BCUT2D eigenvalue weighted by Gasteiger charge is 2.19. The zero-order valence-electron chi connectivity index (χ0n) is 10.4. The van der Waals surface area contributed by atoms with Gasteiger partial charge in [0, 0.05) is 46.3 Å². The number of hydrogen-bond donors (Lipinski definition) is 1. The second kappa shape index (κ2) is 4.65. The summed E-state index contributed by atoms with van der Waals surface area (Å²) < 4.78 is 1.72. The van der Waals surface area contributed by atoms with Gasteiger partial charge in [-0.15, -0.1) is 0 Å². The van der Waals surface area contributed by atoms with E-state index in [-0.39, 0.29) is 5.91 Å². The van der Waals surface area contributed by atoms with Crippen LogP contribution < -0.4 is 10.6 Å². The van der Waals surface area contributed by atoms with Crippen molar-refractivity contribution in [2.24, 2.45) is 7.05 Å². The predicted octanol–water partition coefficient (Wildman–Crippen LogP) is 0.0609. The molecular weight excluding hydrogens is 218 g/mol. The lowest BCUT2D eigenvalue weighted by atomic mass is 10.3. The maximum atomic E-state index is 11.3. The van der Waals surface area contributed by atoms with Gasteiger partial charge in [0.2, 0.25) is 5.91 Å². The van der Waals surface area contributed by atoms with Gasteiger partial charge in [0.1, 0.15) is 0 Å². The minimum Gasteiger partial charge on any atom is -0.394 e. The van der Waals surface area contributed by atoms with Crippen LogP contribution in [-0.4, -0.2) is 46.8 Å². The first-order chi connectivity index (χ1) is 8.08. The summed E-state index contributed by atoms with van der Waals surface area (Å²) in [6.45, 7) is 4.86. The Labute approximate surface area is 101 Å². The first-order valence-electron chi connectivity index (χ1n) is 5.87. The molecule has 1 aromatic rings. The average Bonchev–Trinajstić information content (AvgIpc) is 2.52. The van der Waals surface area contributed by atoms with Crippen LogP contribution in [-0.2, 0) is 11.8 Å². The molecule has 6 heteroatoms. The van der Waals surface area contributed by atoms with E-state index in [0.29, 0.717) is 5.69 Å². The number of amides is 1. The molecule has 2 heterocycles. The topological polar surface area (TPSA) is 67.4 Å². The van der Waals surface area contributed by atoms with Crippen LogP contribution in [0.2, 0.25) is 0 Å². The Hall–Kier alpha value is -1.72. The van der Waals surface area contributed by atoms with Crippen molar-refractivity contribution in [2.75, 3.05) is 36.8 Å². The molecule has 1 aromatic heterocycles. The zero-order valence-corrected chi connectivity index (χ0v) is 10.4. The fourth-order valence-corrected chi connectivity index (χ4v) is 2.19. The zero-order chi connectivity index (χ0) is 12.4. The van der Waals surface area contributed by atoms with Crippen LogP contribution in [0, 0.1) is 0 Å². The lowest BCUT2D eigenvalue weighted by molar-refractivity contribution is -0.128. The van der Waals surface area contributed by atoms with Crippen LogP contribution in [0.25, 0.3) is 0 Å². The number of nitrogens with zero attached hydrogens (tertiary/aromatic N) is 4. The second-order valence-electron chi connectivity index (χ2n) is 4.43. The van der Waals surface area contributed by atoms with Crippen LogP contribution in [0.5, 0.6) is 0 Å². The molecule has 0 saturated carbocycles. The summed E-state index contributed by atoms with van der Waals surface area (Å²) in [5.41, 5.74) is 6.61. The molecule has 1 aliphatic rings. The molecule has 0 aliphatic carbocycles. The summed E-state index contributed by atoms with van der Waals surface area (Å²) in [6, 6.07) is 0. The molecule has 0 unspecified atom stereocenters. The van der Waals surface area contributed by atoms with Gasteiger partial charge in [-0.25, -0.2) is 0 Å². The predicted molar refractivity (Wildman–Crippen MR) is 66.7 cm³/mol. The summed E-state index contributed by atoms with van der Waals surface area (Å²) in [6.07, 6.45) is 2.76. The average molecular weight is 237 g/mol. The Bertz CT molecular complexity index is 414. The van der Waals surface area contributed by atoms with E-state index in [1.165, 1.54) is 0 Å². The number of anilines is 2. The highest BCUT2D eigenvalue weighted by Crippen LogP contribution is 2.21. The van der Waals surface area contributed by atoms with Crippen LogP contribution in [0.4, 0.5) is 11.5 Å². The number of carbonyl (C=O) groups is 1. The molecule has 17 heavy (non-hydrogen) atoms. The van der Waals surface area contributed by atoms with Gasteiger partial charge in [-0.3, -0.25) is 9.48 Å². The summed E-state index contributed by atoms with van der Waals surface area (Å²) in [7, 11) is 1.86. The van der Waals surface area contributed by atoms with E-state index in [4.69, 9.17) is 5.73 Å². The highest BCUT2D eigenvalue weighted by atomic mass is 16.2. The third-order valence-electron chi connectivity index (χ3n) is 3.08. The Balaban J connectivity index is 2.08. The van der Waals surface area contributed by atoms with Crippen molar-refractivity contribution in [2.45, 2.75) is 13.3 Å². The lowest BCUT2D eigenvalue weighted by Crippen LogP contribution is -2.33. The van der Waals surface area contributed by atoms with E-state index < -0.39 is 0 Å². The molecule has 6 nitrogen and oxygen atoms in total. The normalized spacial score (nSPS) is 17.1. The van der Waals surface area contributed by atoms with Gasteiger partial charge in [-0.05, 0) is 6.42 Å². The van der Waals surface area contributed by atoms with Gasteiger partial charge in [0.15, 0.2) is 5.82 Å². The van der Waals surface area contributed by atoms with Crippen molar-refractivity contribution >= 4 is 17.4 Å². The third kappa shape index (κ3) is 2.51. The van der Waals surface area contributed by atoms with E-state index in [9.17, 15) is 4.79 Å². The number of hydrogen-bond acceptors (Lipinski definition) is 4. The van der Waals surface area contributed by atoms with Gasteiger partial charge in [-0.2, -0.15) is 5.10 Å². The van der Waals surface area contributed by atoms with E-state index in [0.717, 1.165) is 38.4 Å². The SMILES string of the molecule is CC(=O)N1CCCN(c2nn(C)cc2N)CC1. The standard InChI is InChI=1S/C11H19N5O/c1-9(17)15-4-3-5-16(7-6-15)11-10(12)8-14(2)13-11/h8H,3-7,12H2,1-2H3. The molecule has 0 radical (unpaired) electrons. The summed E-state index contributed by atoms with van der Waals surface area (Å²) >= 11 is 0. The smallest absolute Gasteiger partial charge is 0.219 e. The fourth-order valence-electron chi connectivity index (χ4n) is 2.19. The third-order valence-corrected chi connectivity index (χ3v) is 3.08. The largest absolute Gasteiger partial charge is 0.394 e. The quantitative estimate of drug-likeness (QED) is 0.750. The lowest BCUT2D eigenvalue weighted by Gasteiger charge is -2.21. The minimum absolute atomic E-state index is 0.140. The summed E-state index contributed by atoms with van der Waals surface area (Å²) in [5.74, 6) is 0.971. The van der Waals surface area contributed by atoms with Crippen molar-refractivity contribution in [1.82, 2.24) is 14.7 Å². The number of carbonyl (C=O) groups excluding carboxylic acids is 1. The summed E-state index contributed by atoms with van der Waals surface area (Å²) in [5, 5.41) is 4.36. The Kier molecular flexibility index (Phi) is 3.21. The van der Waals surface area contributed by atoms with Crippen LogP contribution in [0.3, 0.4) is 0 Å². The molecule has 1 saturated heterocycles. The van der Waals surface area contributed by atoms with E-state index in [1.807, 2.05) is 18.1 Å². The molecule has 0 bridgehead atoms. The van der Waals surface area contributed by atoms with Crippen molar-refractivity contribution in [3.8, 4) is 0 Å². The van der Waals surface area contributed by atoms with Crippen LogP contribution in [0.15, 0.2) is 6.20 Å². The molecule has 0 spiro atoms. The van der Waals surface area contributed by atoms with Crippen molar-refractivity contribution in [1.29, 1.82) is 0 Å². The molecule has 0 aromatic carbocycles. The minimum atomic E-state index is 0.140. The highest BCUT2D eigenvalue weighted by molar-refractivity contribution is 5.73. The molecular formula is C11H19N5O. The number of nitrogens with two attached hydrogens (primary N) is 1. The van der Waals surface area contributed by atoms with Crippen LogP contribution in [0.1, 0.15) is 13.3 Å². The fraction of sp³-hybridized carbons (Fsp3) is 0.636. The second-order valence-corrected chi connectivity index (χ2v) is 4.43. The van der Waals surface area contributed by atoms with E-state index >= 15 is 0 Å². The number of aromatic nitrogens is 2. The Morgan fingerprint density at radius 2 is 2.12 bits per heavy atom. The molecule has 1 amide bonds. The Morgan fingerprint density at radius 1 is 1.35 bits per heavy atom. The summed E-state index contributed by atoms with van der Waals surface area (Å²) in [4.78, 5) is 15.4. The van der Waals surface area contributed by atoms with E-state index in [1.54, 1.807) is 11.6 Å². The van der Waals surface area contributed by atoms with E-state index in [2.05, 4.69) is 10.00 Å². The maximum absolute atomic E-state index is 11.3. The molecule has 1 fully saturated rings. The van der Waals surface area contributed by atoms with Gasteiger partial charge in [-0.1, -0.05) is 0 Å². The molecule has 94 valence electrons. The number of aryl methyl sites for hydroxylation is 1.